The van der Waals surface area contributed by atoms with Crippen molar-refractivity contribution in [3.8, 4) is 0 Å². The molecule has 3 N–H and O–H groups in total. The number of nitrogens with zero attached hydrogens (tertiary/aromatic N) is 1. The number of aromatic nitrogens is 1. The molecule has 2 rings (SSSR count). The average Bonchev–Trinajstić information content (AvgIpc) is 2.37. The van der Waals surface area contributed by atoms with Gasteiger partial charge in [0.25, 0.3) is 5.56 Å². The summed E-state index contributed by atoms with van der Waals surface area (Å²) in [5, 5.41) is 2.76. The Bertz CT molecular complexity index is 705. The lowest BCUT2D eigenvalue weighted by molar-refractivity contribution is -0.116. The van der Waals surface area contributed by atoms with Crippen LogP contribution >= 0.6 is 0 Å². The van der Waals surface area contributed by atoms with E-state index in [4.69, 9.17) is 5.73 Å². The molecule has 0 atom stereocenters. The van der Waals surface area contributed by atoms with E-state index in [2.05, 4.69) is 5.32 Å². The first kappa shape index (κ1) is 13.9. The van der Waals surface area contributed by atoms with E-state index in [1.54, 1.807) is 24.4 Å². The number of pyridine rings is 1. The van der Waals surface area contributed by atoms with Crippen LogP contribution in [0.3, 0.4) is 0 Å². The first-order chi connectivity index (χ1) is 9.45. The molecule has 0 fully saturated rings. The zero-order valence-electron chi connectivity index (χ0n) is 11.5. The van der Waals surface area contributed by atoms with Crippen LogP contribution in [0.4, 0.5) is 11.4 Å². The Morgan fingerprint density at radius 1 is 1.25 bits per heavy atom. The maximum absolute atomic E-state index is 12.0. The molecule has 0 unspecified atom stereocenters. The van der Waals surface area contributed by atoms with E-state index in [0.717, 1.165) is 11.1 Å². The Labute approximate surface area is 117 Å². The van der Waals surface area contributed by atoms with Gasteiger partial charge in [0, 0.05) is 23.6 Å². The number of carbonyl (C=O) groups is 1. The molecule has 5 nitrogen and oxygen atoms in total. The molecule has 0 aliphatic rings. The van der Waals surface area contributed by atoms with Gasteiger partial charge in [-0.2, -0.15) is 0 Å². The van der Waals surface area contributed by atoms with Crippen molar-refractivity contribution in [1.29, 1.82) is 0 Å². The lowest BCUT2D eigenvalue weighted by Crippen LogP contribution is -2.27. The summed E-state index contributed by atoms with van der Waals surface area (Å²) in [4.78, 5) is 23.7. The molecule has 0 saturated carbocycles. The smallest absolute Gasteiger partial charge is 0.251 e. The van der Waals surface area contributed by atoms with Crippen molar-refractivity contribution in [3.63, 3.8) is 0 Å². The van der Waals surface area contributed by atoms with E-state index in [-0.39, 0.29) is 18.0 Å². The van der Waals surface area contributed by atoms with Gasteiger partial charge in [-0.15, -0.1) is 0 Å². The number of carbonyl (C=O) groups excluding carboxylic acids is 1. The highest BCUT2D eigenvalue weighted by Crippen LogP contribution is 2.17. The Morgan fingerprint density at radius 3 is 2.70 bits per heavy atom. The fraction of sp³-hybridized carbons (Fsp3) is 0.200. The number of rotatable bonds is 3. The van der Waals surface area contributed by atoms with Crippen LogP contribution in [0.2, 0.25) is 0 Å². The van der Waals surface area contributed by atoms with E-state index in [9.17, 15) is 9.59 Å². The van der Waals surface area contributed by atoms with Gasteiger partial charge in [-0.1, -0.05) is 6.07 Å². The topological polar surface area (TPSA) is 77.1 Å². The third-order valence-corrected chi connectivity index (χ3v) is 3.00. The Hall–Kier alpha value is -2.56. The van der Waals surface area contributed by atoms with Crippen molar-refractivity contribution in [2.24, 2.45) is 0 Å². The number of hydrogen-bond acceptors (Lipinski definition) is 3. The number of anilines is 2. The summed E-state index contributed by atoms with van der Waals surface area (Å²) in [6.07, 6.45) is 1.61. The Kier molecular flexibility index (Phi) is 3.89. The van der Waals surface area contributed by atoms with E-state index in [0.29, 0.717) is 11.4 Å². The fourth-order valence-electron chi connectivity index (χ4n) is 1.86. The monoisotopic (exact) mass is 271 g/mol. The van der Waals surface area contributed by atoms with Crippen molar-refractivity contribution in [3.05, 3.63) is 58.0 Å². The van der Waals surface area contributed by atoms with E-state index >= 15 is 0 Å². The molecule has 2 aromatic rings. The maximum Gasteiger partial charge on any atom is 0.251 e. The summed E-state index contributed by atoms with van der Waals surface area (Å²) >= 11 is 0. The first-order valence-electron chi connectivity index (χ1n) is 6.29. The molecule has 0 bridgehead atoms. The predicted octanol–water partition coefficient (Wildman–Crippen LogP) is 1.69. The number of amides is 1. The number of nitrogens with two attached hydrogens (primary N) is 1. The Morgan fingerprint density at radius 2 is 2.00 bits per heavy atom. The molecule has 20 heavy (non-hydrogen) atoms. The highest BCUT2D eigenvalue weighted by Gasteiger charge is 2.07. The molecule has 1 heterocycles. The van der Waals surface area contributed by atoms with Gasteiger partial charge in [-0.3, -0.25) is 9.59 Å². The zero-order valence-corrected chi connectivity index (χ0v) is 11.5. The largest absolute Gasteiger partial charge is 0.399 e. The minimum absolute atomic E-state index is 0.0205. The third kappa shape index (κ3) is 3.26. The number of benzene rings is 1. The van der Waals surface area contributed by atoms with Gasteiger partial charge in [0.1, 0.15) is 6.54 Å². The lowest BCUT2D eigenvalue weighted by atomic mass is 10.2. The van der Waals surface area contributed by atoms with Crippen molar-refractivity contribution in [1.82, 2.24) is 4.57 Å². The Balaban J connectivity index is 2.13. The molecule has 104 valence electrons. The maximum atomic E-state index is 12.0. The number of nitrogens with one attached hydrogen (secondary N) is 1. The molecule has 1 aromatic carbocycles. The van der Waals surface area contributed by atoms with E-state index in [1.165, 1.54) is 10.6 Å². The summed E-state index contributed by atoms with van der Waals surface area (Å²) in [5.41, 5.74) is 8.54. The van der Waals surface area contributed by atoms with Crippen LogP contribution in [0.5, 0.6) is 0 Å². The molecule has 0 radical (unpaired) electrons. The lowest BCUT2D eigenvalue weighted by Gasteiger charge is -2.10. The van der Waals surface area contributed by atoms with Crippen molar-refractivity contribution in [2.45, 2.75) is 20.4 Å². The molecular weight excluding hydrogens is 254 g/mol. The predicted molar refractivity (Wildman–Crippen MR) is 79.7 cm³/mol. The van der Waals surface area contributed by atoms with Gasteiger partial charge in [-0.25, -0.2) is 0 Å². The molecule has 0 aliphatic heterocycles. The van der Waals surface area contributed by atoms with Crippen LogP contribution in [-0.2, 0) is 11.3 Å². The van der Waals surface area contributed by atoms with Gasteiger partial charge in [-0.05, 0) is 43.2 Å². The standard InChI is InChI=1S/C15H17N3O2/c1-10-5-6-18(15(20)7-10)9-14(19)17-13-8-12(16)4-3-11(13)2/h3-8H,9,16H2,1-2H3,(H,17,19). The molecule has 0 saturated heterocycles. The van der Waals surface area contributed by atoms with Crippen LogP contribution in [0.15, 0.2) is 41.3 Å². The second kappa shape index (κ2) is 5.61. The summed E-state index contributed by atoms with van der Waals surface area (Å²) in [5.74, 6) is -0.260. The van der Waals surface area contributed by atoms with Crippen LogP contribution in [0.1, 0.15) is 11.1 Å². The van der Waals surface area contributed by atoms with Gasteiger partial charge in [0.15, 0.2) is 0 Å². The van der Waals surface area contributed by atoms with Gasteiger partial charge in [0.2, 0.25) is 5.91 Å². The number of hydrogen-bond donors (Lipinski definition) is 2. The molecule has 5 heteroatoms. The van der Waals surface area contributed by atoms with Crippen LogP contribution in [0.25, 0.3) is 0 Å². The zero-order chi connectivity index (χ0) is 14.7. The van der Waals surface area contributed by atoms with Gasteiger partial charge in [0.05, 0.1) is 0 Å². The van der Waals surface area contributed by atoms with Crippen LogP contribution in [0, 0.1) is 13.8 Å². The number of aryl methyl sites for hydroxylation is 2. The third-order valence-electron chi connectivity index (χ3n) is 3.00. The molecule has 1 aromatic heterocycles. The van der Waals surface area contributed by atoms with Gasteiger partial charge < -0.3 is 15.6 Å². The summed E-state index contributed by atoms with van der Waals surface area (Å²) in [6, 6.07) is 8.60. The van der Waals surface area contributed by atoms with Crippen LogP contribution < -0.4 is 16.6 Å². The normalized spacial score (nSPS) is 10.3. The highest BCUT2D eigenvalue weighted by atomic mass is 16.2. The quantitative estimate of drug-likeness (QED) is 0.834. The SMILES string of the molecule is Cc1ccn(CC(=O)Nc2cc(N)ccc2C)c(=O)c1. The minimum atomic E-state index is -0.260. The van der Waals surface area contributed by atoms with Gasteiger partial charge >= 0.3 is 0 Å². The fourth-order valence-corrected chi connectivity index (χ4v) is 1.86. The second-order valence-electron chi connectivity index (χ2n) is 4.79. The summed E-state index contributed by atoms with van der Waals surface area (Å²) < 4.78 is 1.37. The number of nitrogen functional groups attached to an aromatic ring is 1. The molecule has 0 aliphatic carbocycles. The van der Waals surface area contributed by atoms with Crippen molar-refractivity contribution in [2.75, 3.05) is 11.1 Å². The molecule has 1 amide bonds. The van der Waals surface area contributed by atoms with Crippen molar-refractivity contribution < 1.29 is 4.79 Å². The van der Waals surface area contributed by atoms with E-state index < -0.39 is 0 Å². The minimum Gasteiger partial charge on any atom is -0.399 e. The molecular formula is C15H17N3O2. The summed E-state index contributed by atoms with van der Waals surface area (Å²) in [7, 11) is 0. The van der Waals surface area contributed by atoms with Crippen LogP contribution in [-0.4, -0.2) is 10.5 Å². The average molecular weight is 271 g/mol. The highest BCUT2D eigenvalue weighted by molar-refractivity contribution is 5.91. The van der Waals surface area contributed by atoms with E-state index in [1.807, 2.05) is 19.9 Å². The summed E-state index contributed by atoms with van der Waals surface area (Å²) in [6.45, 7) is 3.70. The van der Waals surface area contributed by atoms with Crippen molar-refractivity contribution >= 4 is 17.3 Å². The molecule has 0 spiro atoms. The first-order valence-corrected chi connectivity index (χ1v) is 6.29. The second-order valence-corrected chi connectivity index (χ2v) is 4.79.